The number of nitrogens with zero attached hydrogens (tertiary/aromatic N) is 3. The van der Waals surface area contributed by atoms with Crippen molar-refractivity contribution in [3.63, 3.8) is 0 Å². The number of aryl methyl sites for hydroxylation is 1. The van der Waals surface area contributed by atoms with Gasteiger partial charge in [0.15, 0.2) is 0 Å². The number of aliphatic hydroxyl groups is 1. The van der Waals surface area contributed by atoms with Crippen LogP contribution in [0.4, 0.5) is 5.69 Å². The second-order valence-electron chi connectivity index (χ2n) is 4.46. The first-order valence-corrected chi connectivity index (χ1v) is 6.10. The Morgan fingerprint density at radius 3 is 2.50 bits per heavy atom. The Morgan fingerprint density at radius 1 is 1.28 bits per heavy atom. The predicted octanol–water partition coefficient (Wildman–Crippen LogP) is 2.05. The van der Waals surface area contributed by atoms with Gasteiger partial charge in [-0.25, -0.2) is 4.98 Å². The first-order valence-electron chi connectivity index (χ1n) is 6.10. The Labute approximate surface area is 108 Å². The molecule has 1 N–H and O–H groups in total. The van der Waals surface area contributed by atoms with E-state index in [2.05, 4.69) is 4.98 Å². The zero-order valence-corrected chi connectivity index (χ0v) is 11.0. The fraction of sp³-hybridized carbons (Fsp3) is 0.357. The molecule has 0 bridgehead atoms. The van der Waals surface area contributed by atoms with Crippen LogP contribution >= 0.6 is 0 Å². The summed E-state index contributed by atoms with van der Waals surface area (Å²) >= 11 is 0. The van der Waals surface area contributed by atoms with Crippen LogP contribution in [0, 0.1) is 0 Å². The van der Waals surface area contributed by atoms with E-state index in [1.165, 1.54) is 0 Å². The van der Waals surface area contributed by atoms with Crippen molar-refractivity contribution in [2.24, 2.45) is 0 Å². The molecule has 1 heterocycles. The third-order valence-corrected chi connectivity index (χ3v) is 3.06. The summed E-state index contributed by atoms with van der Waals surface area (Å²) in [5.74, 6) is 0.690. The first kappa shape index (κ1) is 12.6. The van der Waals surface area contributed by atoms with Gasteiger partial charge in [0, 0.05) is 38.7 Å². The van der Waals surface area contributed by atoms with Gasteiger partial charge in [-0.15, -0.1) is 0 Å². The van der Waals surface area contributed by atoms with E-state index < -0.39 is 6.10 Å². The van der Waals surface area contributed by atoms with E-state index in [1.807, 2.05) is 60.9 Å². The molecule has 4 heteroatoms. The zero-order valence-electron chi connectivity index (χ0n) is 11.0. The highest BCUT2D eigenvalue weighted by Gasteiger charge is 2.15. The quantitative estimate of drug-likeness (QED) is 0.896. The van der Waals surface area contributed by atoms with Gasteiger partial charge >= 0.3 is 0 Å². The lowest BCUT2D eigenvalue weighted by Crippen LogP contribution is -2.10. The summed E-state index contributed by atoms with van der Waals surface area (Å²) in [5.41, 5.74) is 1.98. The smallest absolute Gasteiger partial charge is 0.142 e. The van der Waals surface area contributed by atoms with Crippen molar-refractivity contribution in [2.45, 2.75) is 19.6 Å². The molecule has 18 heavy (non-hydrogen) atoms. The molecule has 0 spiro atoms. The molecule has 0 aliphatic heterocycles. The van der Waals surface area contributed by atoms with E-state index in [0.717, 1.165) is 17.8 Å². The molecule has 2 aromatic rings. The summed E-state index contributed by atoms with van der Waals surface area (Å²) in [4.78, 5) is 6.25. The van der Waals surface area contributed by atoms with Gasteiger partial charge in [-0.1, -0.05) is 12.1 Å². The number of aromatic nitrogens is 2. The van der Waals surface area contributed by atoms with E-state index >= 15 is 0 Å². The van der Waals surface area contributed by atoms with Crippen molar-refractivity contribution in [3.05, 3.63) is 48.0 Å². The van der Waals surface area contributed by atoms with E-state index in [9.17, 15) is 5.11 Å². The molecule has 0 aliphatic carbocycles. The van der Waals surface area contributed by atoms with Gasteiger partial charge in [0.05, 0.1) is 0 Å². The largest absolute Gasteiger partial charge is 0.380 e. The summed E-state index contributed by atoms with van der Waals surface area (Å²) in [6.45, 7) is 2.84. The summed E-state index contributed by atoms with van der Waals surface area (Å²) in [5, 5.41) is 10.3. The third kappa shape index (κ3) is 2.38. The number of rotatable bonds is 4. The van der Waals surface area contributed by atoms with Crippen molar-refractivity contribution in [1.82, 2.24) is 9.55 Å². The molecular formula is C14H19N3O. The van der Waals surface area contributed by atoms with E-state index in [-0.39, 0.29) is 0 Å². The van der Waals surface area contributed by atoms with Crippen molar-refractivity contribution in [3.8, 4) is 0 Å². The summed E-state index contributed by atoms with van der Waals surface area (Å²) in [6, 6.07) is 7.87. The topological polar surface area (TPSA) is 41.3 Å². The molecule has 1 atom stereocenters. The van der Waals surface area contributed by atoms with Crippen LogP contribution < -0.4 is 4.90 Å². The number of aliphatic hydroxyl groups excluding tert-OH is 1. The monoisotopic (exact) mass is 245 g/mol. The molecule has 0 saturated carbocycles. The van der Waals surface area contributed by atoms with E-state index in [4.69, 9.17) is 0 Å². The maximum atomic E-state index is 10.3. The third-order valence-electron chi connectivity index (χ3n) is 3.06. The van der Waals surface area contributed by atoms with Gasteiger partial charge in [0.1, 0.15) is 11.9 Å². The molecule has 0 aliphatic rings. The van der Waals surface area contributed by atoms with Gasteiger partial charge in [0.25, 0.3) is 0 Å². The molecule has 1 aromatic carbocycles. The van der Waals surface area contributed by atoms with Crippen LogP contribution in [-0.4, -0.2) is 28.8 Å². The molecule has 0 saturated heterocycles. The van der Waals surface area contributed by atoms with E-state index in [0.29, 0.717) is 5.82 Å². The minimum Gasteiger partial charge on any atom is -0.380 e. The van der Waals surface area contributed by atoms with Gasteiger partial charge < -0.3 is 14.6 Å². The summed E-state index contributed by atoms with van der Waals surface area (Å²) < 4.78 is 1.95. The SMILES string of the molecule is CCn1ccnc1[C@H](O)c1ccc(N(C)C)cc1. The van der Waals surface area contributed by atoms with Crippen LogP contribution in [0.15, 0.2) is 36.7 Å². The molecular weight excluding hydrogens is 226 g/mol. The average Bonchev–Trinajstić information content (AvgIpc) is 2.86. The molecule has 96 valence electrons. The molecule has 0 fully saturated rings. The van der Waals surface area contributed by atoms with Crippen LogP contribution in [0.25, 0.3) is 0 Å². The Kier molecular flexibility index (Phi) is 3.67. The van der Waals surface area contributed by atoms with Crippen molar-refractivity contribution >= 4 is 5.69 Å². The maximum absolute atomic E-state index is 10.3. The van der Waals surface area contributed by atoms with Gasteiger partial charge in [-0.2, -0.15) is 0 Å². The lowest BCUT2D eigenvalue weighted by Gasteiger charge is -2.15. The lowest BCUT2D eigenvalue weighted by molar-refractivity contribution is 0.205. The number of benzene rings is 1. The van der Waals surface area contributed by atoms with E-state index in [1.54, 1.807) is 6.20 Å². The average molecular weight is 245 g/mol. The zero-order chi connectivity index (χ0) is 13.1. The normalized spacial score (nSPS) is 12.4. The molecule has 1 aromatic heterocycles. The molecule has 0 amide bonds. The number of hydrogen-bond acceptors (Lipinski definition) is 3. The van der Waals surface area contributed by atoms with Crippen molar-refractivity contribution in [1.29, 1.82) is 0 Å². The maximum Gasteiger partial charge on any atom is 0.142 e. The van der Waals surface area contributed by atoms with Crippen molar-refractivity contribution < 1.29 is 5.11 Å². The van der Waals surface area contributed by atoms with Crippen LogP contribution in [-0.2, 0) is 6.54 Å². The lowest BCUT2D eigenvalue weighted by atomic mass is 10.1. The van der Waals surface area contributed by atoms with Crippen LogP contribution in [0.1, 0.15) is 24.4 Å². The van der Waals surface area contributed by atoms with Crippen LogP contribution in [0.2, 0.25) is 0 Å². The van der Waals surface area contributed by atoms with Gasteiger partial charge in [-0.3, -0.25) is 0 Å². The van der Waals surface area contributed by atoms with Gasteiger partial charge in [-0.05, 0) is 24.6 Å². The minimum absolute atomic E-state index is 0.670. The Balaban J connectivity index is 2.26. The molecule has 2 rings (SSSR count). The second-order valence-corrected chi connectivity index (χ2v) is 4.46. The van der Waals surface area contributed by atoms with Crippen LogP contribution in [0.3, 0.4) is 0 Å². The Morgan fingerprint density at radius 2 is 1.94 bits per heavy atom. The van der Waals surface area contributed by atoms with Crippen LogP contribution in [0.5, 0.6) is 0 Å². The Bertz CT molecular complexity index is 502. The second kappa shape index (κ2) is 5.23. The summed E-state index contributed by atoms with van der Waals surface area (Å²) in [7, 11) is 3.99. The number of anilines is 1. The van der Waals surface area contributed by atoms with Gasteiger partial charge in [0.2, 0.25) is 0 Å². The van der Waals surface area contributed by atoms with Crippen molar-refractivity contribution in [2.75, 3.05) is 19.0 Å². The predicted molar refractivity (Wildman–Crippen MR) is 72.7 cm³/mol. The fourth-order valence-corrected chi connectivity index (χ4v) is 1.94. The molecule has 4 nitrogen and oxygen atoms in total. The highest BCUT2D eigenvalue weighted by atomic mass is 16.3. The Hall–Kier alpha value is -1.81. The first-order chi connectivity index (χ1) is 8.63. The highest BCUT2D eigenvalue weighted by molar-refractivity contribution is 5.46. The summed E-state index contributed by atoms with van der Waals surface area (Å²) in [6.07, 6.45) is 2.93. The molecule has 0 radical (unpaired) electrons. The standard InChI is InChI=1S/C14H19N3O/c1-4-17-10-9-15-14(17)13(18)11-5-7-12(8-6-11)16(2)3/h5-10,13,18H,4H2,1-3H3/t13-/m1/s1. The minimum atomic E-state index is -0.670. The number of imidazole rings is 1. The molecule has 0 unspecified atom stereocenters. The fourth-order valence-electron chi connectivity index (χ4n) is 1.94. The highest BCUT2D eigenvalue weighted by Crippen LogP contribution is 2.22. The number of hydrogen-bond donors (Lipinski definition) is 1.